The first-order valence-corrected chi connectivity index (χ1v) is 6.92. The van der Waals surface area contributed by atoms with Crippen molar-refractivity contribution >= 4 is 17.6 Å². The van der Waals surface area contributed by atoms with E-state index in [2.05, 4.69) is 10.2 Å². The van der Waals surface area contributed by atoms with Gasteiger partial charge in [-0.1, -0.05) is 18.2 Å². The molecule has 1 aliphatic heterocycles. The molecule has 108 valence electrons. The van der Waals surface area contributed by atoms with Crippen LogP contribution in [0.1, 0.15) is 19.3 Å². The molecule has 2 N–H and O–H groups in total. The molecular weight excluding hydrogens is 256 g/mol. The molecule has 5 heteroatoms. The molecule has 2 rings (SSSR count). The van der Waals surface area contributed by atoms with Crippen LogP contribution in [0.2, 0.25) is 0 Å². The number of carbonyl (C=O) groups excluding carboxylic acids is 1. The molecule has 0 aliphatic carbocycles. The van der Waals surface area contributed by atoms with Gasteiger partial charge in [0, 0.05) is 31.6 Å². The molecule has 1 fully saturated rings. The van der Waals surface area contributed by atoms with Crippen LogP contribution in [0.5, 0.6) is 0 Å². The minimum absolute atomic E-state index is 0.00196. The molecule has 1 aliphatic rings. The molecule has 0 bridgehead atoms. The fourth-order valence-electron chi connectivity index (χ4n) is 2.53. The van der Waals surface area contributed by atoms with Gasteiger partial charge in [0.25, 0.3) is 0 Å². The minimum atomic E-state index is -0.737. The van der Waals surface area contributed by atoms with Crippen molar-refractivity contribution in [2.24, 2.45) is 5.92 Å². The van der Waals surface area contributed by atoms with Crippen LogP contribution < -0.4 is 5.32 Å². The van der Waals surface area contributed by atoms with Gasteiger partial charge < -0.3 is 15.3 Å². The van der Waals surface area contributed by atoms with Crippen LogP contribution in [-0.4, -0.2) is 41.5 Å². The fourth-order valence-corrected chi connectivity index (χ4v) is 2.53. The Morgan fingerprint density at radius 2 is 2.05 bits per heavy atom. The molecule has 1 aromatic carbocycles. The first-order valence-electron chi connectivity index (χ1n) is 6.92. The molecule has 1 atom stereocenters. The summed E-state index contributed by atoms with van der Waals surface area (Å²) in [6, 6.07) is 9.38. The van der Waals surface area contributed by atoms with E-state index in [4.69, 9.17) is 5.11 Å². The molecular formula is C15H20N2O3. The zero-order valence-electron chi connectivity index (χ0n) is 11.4. The number of amides is 1. The Bertz CT molecular complexity index is 461. The summed E-state index contributed by atoms with van der Waals surface area (Å²) in [4.78, 5) is 24.6. The Morgan fingerprint density at radius 1 is 1.30 bits per heavy atom. The highest BCUT2D eigenvalue weighted by Crippen LogP contribution is 2.19. The second kappa shape index (κ2) is 7.05. The summed E-state index contributed by atoms with van der Waals surface area (Å²) in [6.45, 7) is 2.36. The number of rotatable bonds is 6. The van der Waals surface area contributed by atoms with E-state index in [1.807, 2.05) is 30.3 Å². The first-order chi connectivity index (χ1) is 9.63. The predicted molar refractivity (Wildman–Crippen MR) is 76.5 cm³/mol. The minimum Gasteiger partial charge on any atom is -0.481 e. The van der Waals surface area contributed by atoms with Crippen LogP contribution >= 0.6 is 0 Å². The van der Waals surface area contributed by atoms with Crippen LogP contribution in [-0.2, 0) is 9.59 Å². The number of carbonyl (C=O) groups is 2. The number of aliphatic carboxylic acids is 1. The quantitative estimate of drug-likeness (QED) is 0.831. The lowest BCUT2D eigenvalue weighted by atomic mass is 10.1. The Labute approximate surface area is 118 Å². The molecule has 20 heavy (non-hydrogen) atoms. The van der Waals surface area contributed by atoms with Crippen LogP contribution in [0.15, 0.2) is 30.3 Å². The molecule has 0 aromatic heterocycles. The maximum absolute atomic E-state index is 11.8. The van der Waals surface area contributed by atoms with E-state index in [1.54, 1.807) is 0 Å². The van der Waals surface area contributed by atoms with E-state index in [-0.39, 0.29) is 18.2 Å². The molecule has 5 nitrogen and oxygen atoms in total. The third kappa shape index (κ3) is 4.66. The van der Waals surface area contributed by atoms with Crippen molar-refractivity contribution in [1.29, 1.82) is 0 Å². The van der Waals surface area contributed by atoms with Gasteiger partial charge in [-0.2, -0.15) is 0 Å². The van der Waals surface area contributed by atoms with Crippen LogP contribution in [0.3, 0.4) is 0 Å². The van der Waals surface area contributed by atoms with Crippen LogP contribution in [0.4, 0.5) is 5.69 Å². The van der Waals surface area contributed by atoms with Crippen molar-refractivity contribution in [3.63, 3.8) is 0 Å². The van der Waals surface area contributed by atoms with Gasteiger partial charge in [-0.15, -0.1) is 0 Å². The summed E-state index contributed by atoms with van der Waals surface area (Å²) in [5.41, 5.74) is 0.808. The Kier molecular flexibility index (Phi) is 5.12. The normalized spacial score (nSPS) is 18.9. The van der Waals surface area contributed by atoms with E-state index >= 15 is 0 Å². The van der Waals surface area contributed by atoms with Crippen LogP contribution in [0.25, 0.3) is 0 Å². The van der Waals surface area contributed by atoms with E-state index in [1.165, 1.54) is 0 Å². The second-order valence-corrected chi connectivity index (χ2v) is 5.22. The molecule has 0 saturated carbocycles. The molecule has 1 aromatic rings. The number of nitrogens with one attached hydrogen (secondary N) is 1. The lowest BCUT2D eigenvalue weighted by Gasteiger charge is -2.15. The van der Waals surface area contributed by atoms with Gasteiger partial charge in [0.05, 0.1) is 0 Å². The van der Waals surface area contributed by atoms with Gasteiger partial charge in [-0.05, 0) is 31.0 Å². The van der Waals surface area contributed by atoms with Crippen molar-refractivity contribution in [1.82, 2.24) is 4.90 Å². The SMILES string of the molecule is O=C(O)CC1CCN(CCC(=O)Nc2ccccc2)C1. The molecule has 1 heterocycles. The average Bonchev–Trinajstić information content (AvgIpc) is 2.84. The molecule has 0 radical (unpaired) electrons. The number of carboxylic acid groups (broad SMARTS) is 1. The molecule has 0 spiro atoms. The Hall–Kier alpha value is -1.88. The van der Waals surface area contributed by atoms with Gasteiger partial charge in [0.2, 0.25) is 5.91 Å². The number of hydrogen-bond acceptors (Lipinski definition) is 3. The van der Waals surface area contributed by atoms with Gasteiger partial charge in [0.1, 0.15) is 0 Å². The summed E-state index contributed by atoms with van der Waals surface area (Å²) in [7, 11) is 0. The second-order valence-electron chi connectivity index (χ2n) is 5.22. The molecule has 1 unspecified atom stereocenters. The van der Waals surface area contributed by atoms with E-state index in [0.717, 1.165) is 25.2 Å². The maximum Gasteiger partial charge on any atom is 0.303 e. The third-order valence-electron chi connectivity index (χ3n) is 3.55. The summed E-state index contributed by atoms with van der Waals surface area (Å²) in [5, 5.41) is 11.6. The summed E-state index contributed by atoms with van der Waals surface area (Å²) >= 11 is 0. The standard InChI is InChI=1S/C15H20N2O3/c18-14(16-13-4-2-1-3-5-13)7-9-17-8-6-12(11-17)10-15(19)20/h1-5,12H,6-11H2,(H,16,18)(H,19,20). The summed E-state index contributed by atoms with van der Waals surface area (Å²) in [6.07, 6.45) is 1.58. The fraction of sp³-hybridized carbons (Fsp3) is 0.467. The van der Waals surface area contributed by atoms with Crippen molar-refractivity contribution in [3.8, 4) is 0 Å². The highest BCUT2D eigenvalue weighted by Gasteiger charge is 2.24. The average molecular weight is 276 g/mol. The van der Waals surface area contributed by atoms with Crippen molar-refractivity contribution in [2.45, 2.75) is 19.3 Å². The first kappa shape index (κ1) is 14.5. The van der Waals surface area contributed by atoms with Crippen molar-refractivity contribution in [2.75, 3.05) is 25.0 Å². The number of nitrogens with zero attached hydrogens (tertiary/aromatic N) is 1. The van der Waals surface area contributed by atoms with Gasteiger partial charge in [-0.25, -0.2) is 0 Å². The van der Waals surface area contributed by atoms with Gasteiger partial charge in [0.15, 0.2) is 0 Å². The smallest absolute Gasteiger partial charge is 0.303 e. The summed E-state index contributed by atoms with van der Waals surface area (Å²) in [5.74, 6) is -0.513. The zero-order chi connectivity index (χ0) is 14.4. The number of para-hydroxylation sites is 1. The largest absolute Gasteiger partial charge is 0.481 e. The number of benzene rings is 1. The summed E-state index contributed by atoms with van der Waals surface area (Å²) < 4.78 is 0. The van der Waals surface area contributed by atoms with Crippen LogP contribution in [0, 0.1) is 5.92 Å². The Morgan fingerprint density at radius 3 is 2.75 bits per heavy atom. The molecule has 1 amide bonds. The van der Waals surface area contributed by atoms with E-state index in [9.17, 15) is 9.59 Å². The molecule has 1 saturated heterocycles. The Balaban J connectivity index is 1.68. The monoisotopic (exact) mass is 276 g/mol. The van der Waals surface area contributed by atoms with E-state index < -0.39 is 5.97 Å². The highest BCUT2D eigenvalue weighted by molar-refractivity contribution is 5.90. The number of hydrogen-bond donors (Lipinski definition) is 2. The van der Waals surface area contributed by atoms with E-state index in [0.29, 0.717) is 13.0 Å². The number of carboxylic acids is 1. The zero-order valence-corrected chi connectivity index (χ0v) is 11.4. The number of anilines is 1. The highest BCUT2D eigenvalue weighted by atomic mass is 16.4. The van der Waals surface area contributed by atoms with Crippen molar-refractivity contribution in [3.05, 3.63) is 30.3 Å². The van der Waals surface area contributed by atoms with Gasteiger partial charge in [-0.3, -0.25) is 9.59 Å². The topological polar surface area (TPSA) is 69.6 Å². The lowest BCUT2D eigenvalue weighted by Crippen LogP contribution is -2.26. The number of likely N-dealkylation sites (tertiary alicyclic amines) is 1. The van der Waals surface area contributed by atoms with Gasteiger partial charge >= 0.3 is 5.97 Å². The van der Waals surface area contributed by atoms with Crippen molar-refractivity contribution < 1.29 is 14.7 Å². The predicted octanol–water partition coefficient (Wildman–Crippen LogP) is 1.81. The maximum atomic E-state index is 11.8. The lowest BCUT2D eigenvalue weighted by molar-refractivity contribution is -0.138. The third-order valence-corrected chi connectivity index (χ3v) is 3.55.